The zero-order valence-electron chi connectivity index (χ0n) is 45.4. The van der Waals surface area contributed by atoms with Crippen molar-refractivity contribution >= 4 is 32.7 Å². The number of ether oxygens (including phenoxy) is 1. The maximum absolute atomic E-state index is 7.23. The second kappa shape index (κ2) is 17.9. The number of nitrogens with zero attached hydrogens (tertiary/aromatic N) is 4. The van der Waals surface area contributed by atoms with Gasteiger partial charge in [0.25, 0.3) is 6.33 Å². The summed E-state index contributed by atoms with van der Waals surface area (Å²) in [5, 5.41) is 3.61. The van der Waals surface area contributed by atoms with Crippen molar-refractivity contribution in [1.82, 2.24) is 14.1 Å². The van der Waals surface area contributed by atoms with Gasteiger partial charge in [0.15, 0.2) is 0 Å². The van der Waals surface area contributed by atoms with Crippen LogP contribution in [0.5, 0.6) is 11.5 Å². The second-order valence-corrected chi connectivity index (χ2v) is 23.9. The lowest BCUT2D eigenvalue weighted by Crippen LogP contribution is -2.32. The quantitative estimate of drug-likeness (QED) is 0.118. The number of para-hydroxylation sites is 2. The third-order valence-electron chi connectivity index (χ3n) is 15.6. The number of hydrogen-bond acceptors (Lipinski definition) is 2. The first-order chi connectivity index (χ1) is 37.1. The molecule has 5 heteroatoms. The van der Waals surface area contributed by atoms with Crippen LogP contribution >= 0.6 is 0 Å². The van der Waals surface area contributed by atoms with E-state index in [0.29, 0.717) is 0 Å². The Kier molecular flexibility index (Phi) is 11.1. The molecule has 13 rings (SSSR count). The van der Waals surface area contributed by atoms with Gasteiger partial charge in [-0.1, -0.05) is 220 Å². The molecule has 0 amide bonds. The molecule has 0 spiro atoms. The highest BCUT2D eigenvalue weighted by Gasteiger charge is 2.31. The summed E-state index contributed by atoms with van der Waals surface area (Å²) < 4.78 is 14.1. The maximum Gasteiger partial charge on any atom is 0.269 e. The first-order valence-electron chi connectivity index (χ1n) is 26.9. The van der Waals surface area contributed by atoms with Gasteiger partial charge >= 0.3 is 0 Å². The van der Waals surface area contributed by atoms with Crippen molar-refractivity contribution in [3.05, 3.63) is 235 Å². The van der Waals surface area contributed by atoms with Gasteiger partial charge in [-0.2, -0.15) is 0 Å². The smallest absolute Gasteiger partial charge is 0.269 e. The molecule has 0 saturated heterocycles. The van der Waals surface area contributed by atoms with E-state index in [2.05, 4.69) is 289 Å². The van der Waals surface area contributed by atoms with Crippen LogP contribution in [0, 0.1) is 6.33 Å². The Hall–Kier alpha value is -8.80. The van der Waals surface area contributed by atoms with Crippen LogP contribution in [0.4, 0.5) is 0 Å². The molecule has 9 aromatic carbocycles. The van der Waals surface area contributed by atoms with Gasteiger partial charge in [0.05, 0.1) is 33.6 Å². The highest BCUT2D eigenvalue weighted by Crippen LogP contribution is 2.53. The summed E-state index contributed by atoms with van der Waals surface area (Å²) in [6.07, 6.45) is 5.92. The van der Waals surface area contributed by atoms with Crippen LogP contribution in [-0.4, -0.2) is 14.1 Å². The minimum Gasteiger partial charge on any atom is -0.458 e. The Labute approximate surface area is 452 Å². The zero-order chi connectivity index (χ0) is 53.0. The fourth-order valence-electron chi connectivity index (χ4n) is 11.5. The lowest BCUT2D eigenvalue weighted by Gasteiger charge is -2.25. The van der Waals surface area contributed by atoms with E-state index >= 15 is 0 Å². The van der Waals surface area contributed by atoms with Gasteiger partial charge in [-0.25, -0.2) is 4.98 Å². The summed E-state index contributed by atoms with van der Waals surface area (Å²) in [6.45, 7) is 20.5. The molecule has 0 bridgehead atoms. The minimum atomic E-state index is -0.207. The lowest BCUT2D eigenvalue weighted by atomic mass is 9.82. The van der Waals surface area contributed by atoms with E-state index in [9.17, 15) is 0 Å². The topological polar surface area (TPSA) is 35.9 Å². The third kappa shape index (κ3) is 8.24. The van der Waals surface area contributed by atoms with Gasteiger partial charge in [0.2, 0.25) is 0 Å². The summed E-state index contributed by atoms with van der Waals surface area (Å²) in [5.74, 6) is 2.34. The van der Waals surface area contributed by atoms with Gasteiger partial charge in [0, 0.05) is 28.8 Å². The number of pyridine rings is 1. The number of imidazole rings is 1. The largest absolute Gasteiger partial charge is 0.458 e. The van der Waals surface area contributed by atoms with Crippen LogP contribution in [0.15, 0.2) is 212 Å². The van der Waals surface area contributed by atoms with Crippen LogP contribution in [0.25, 0.3) is 106 Å². The van der Waals surface area contributed by atoms with Crippen molar-refractivity contribution in [2.45, 2.75) is 78.6 Å². The predicted molar refractivity (Wildman–Crippen MR) is 319 cm³/mol. The van der Waals surface area contributed by atoms with E-state index in [4.69, 9.17) is 9.72 Å². The number of aromatic nitrogens is 4. The minimum absolute atomic E-state index is 0.0889. The van der Waals surface area contributed by atoms with Gasteiger partial charge < -0.3 is 4.74 Å². The standard InChI is InChI=1S/C72H62N4O/c1-70(2,3)49-36-37-73-65(42-49)76-64-44-53(34-35-58(64)67-59-31-21-27-48-26-20-30-56(66(48)59)55-28-16-17-29-57(55)69(67)76)77-54-39-50(71(4,5)6)38-52(43-54)74-45-75(63-33-19-18-32-62(63)74)68-60(46-22-12-10-13-23-46)40-51(72(7,8)9)41-61(68)47-24-14-11-15-25-47/h10-44H,1-9H3. The molecule has 1 aliphatic carbocycles. The summed E-state index contributed by atoms with van der Waals surface area (Å²) in [5.41, 5.74) is 20.1. The normalized spacial score (nSPS) is 12.5. The predicted octanol–water partition coefficient (Wildman–Crippen LogP) is 18.5. The molecule has 1 aliphatic rings. The molecular weight excluding hydrogens is 937 g/mol. The van der Waals surface area contributed by atoms with Crippen molar-refractivity contribution in [2.24, 2.45) is 0 Å². The number of benzene rings is 9. The van der Waals surface area contributed by atoms with E-state index in [-0.39, 0.29) is 16.2 Å². The van der Waals surface area contributed by atoms with E-state index in [0.717, 1.165) is 84.1 Å². The highest BCUT2D eigenvalue weighted by molar-refractivity contribution is 6.19. The molecule has 0 aliphatic heterocycles. The lowest BCUT2D eigenvalue weighted by molar-refractivity contribution is -0.571. The Morgan fingerprint density at radius 1 is 0.455 bits per heavy atom. The number of fused-ring (bicyclic) bond motifs is 8. The van der Waals surface area contributed by atoms with Gasteiger partial charge in [-0.05, 0) is 125 Å². The molecule has 3 aromatic heterocycles. The van der Waals surface area contributed by atoms with E-state index in [1.54, 1.807) is 0 Å². The van der Waals surface area contributed by atoms with E-state index in [1.165, 1.54) is 49.7 Å². The fourth-order valence-corrected chi connectivity index (χ4v) is 11.5. The van der Waals surface area contributed by atoms with Crippen molar-refractivity contribution in [3.63, 3.8) is 0 Å². The second-order valence-electron chi connectivity index (χ2n) is 23.9. The average Bonchev–Trinajstić information content (AvgIpc) is 4.20. The summed E-state index contributed by atoms with van der Waals surface area (Å²) in [4.78, 5) is 5.18. The average molecular weight is 999 g/mol. The fraction of sp³-hybridized carbons (Fsp3) is 0.167. The molecule has 0 unspecified atom stereocenters. The van der Waals surface area contributed by atoms with E-state index in [1.807, 2.05) is 6.20 Å². The Balaban J connectivity index is 1.02. The molecule has 3 heterocycles. The highest BCUT2D eigenvalue weighted by atomic mass is 16.5. The summed E-state index contributed by atoms with van der Waals surface area (Å²) in [6, 6.07) is 75.0. The molecule has 0 saturated carbocycles. The number of rotatable bonds is 7. The monoisotopic (exact) mass is 998 g/mol. The molecule has 0 fully saturated rings. The van der Waals surface area contributed by atoms with Crippen molar-refractivity contribution < 1.29 is 9.30 Å². The van der Waals surface area contributed by atoms with Crippen LogP contribution in [0.2, 0.25) is 0 Å². The van der Waals surface area contributed by atoms with Crippen molar-refractivity contribution in [2.75, 3.05) is 0 Å². The van der Waals surface area contributed by atoms with Crippen LogP contribution < -0.4 is 9.30 Å². The van der Waals surface area contributed by atoms with E-state index < -0.39 is 0 Å². The maximum atomic E-state index is 7.23. The molecule has 376 valence electrons. The summed E-state index contributed by atoms with van der Waals surface area (Å²) >= 11 is 0. The van der Waals surface area contributed by atoms with Gasteiger partial charge in [-0.3, -0.25) is 13.7 Å². The molecule has 12 aromatic rings. The number of hydrogen-bond donors (Lipinski definition) is 0. The first kappa shape index (κ1) is 47.9. The molecular formula is C72H62N4O. The molecule has 0 N–H and O–H groups in total. The van der Waals surface area contributed by atoms with Crippen LogP contribution in [-0.2, 0) is 16.2 Å². The Morgan fingerprint density at radius 3 is 1.73 bits per heavy atom. The van der Waals surface area contributed by atoms with Crippen molar-refractivity contribution in [1.29, 1.82) is 0 Å². The molecule has 77 heavy (non-hydrogen) atoms. The Bertz CT molecular complexity index is 4220. The molecule has 0 atom stereocenters. The van der Waals surface area contributed by atoms with Crippen LogP contribution in [0.1, 0.15) is 79.0 Å². The SMILES string of the molecule is CC(C)(C)c1cc(Oc2ccc3c4c(n(-c5cc(C(C)(C)C)ccn5)c3c2)-c2ccccc2-c2cccc3cccc-4c23)cc(-n2[c-][n+](-c3c(-c4ccccc4)cc(C(C)(C)C)cc3-c3ccccc3)c3ccccc32)c1. The van der Waals surface area contributed by atoms with Crippen LogP contribution in [0.3, 0.4) is 0 Å². The zero-order valence-corrected chi connectivity index (χ0v) is 45.4. The van der Waals surface area contributed by atoms with Gasteiger partial charge in [0.1, 0.15) is 17.3 Å². The van der Waals surface area contributed by atoms with Gasteiger partial charge in [-0.15, -0.1) is 0 Å². The van der Waals surface area contributed by atoms with Crippen molar-refractivity contribution in [3.8, 4) is 84.5 Å². The first-order valence-corrected chi connectivity index (χ1v) is 26.9. The summed E-state index contributed by atoms with van der Waals surface area (Å²) in [7, 11) is 0. The Morgan fingerprint density at radius 2 is 1.05 bits per heavy atom. The molecule has 5 nitrogen and oxygen atoms in total. The third-order valence-corrected chi connectivity index (χ3v) is 15.6. The molecule has 0 radical (unpaired) electrons.